The molecule has 1 aromatic rings. The smallest absolute Gasteiger partial charge is 0.162 e. The van der Waals surface area contributed by atoms with Gasteiger partial charge in [0.15, 0.2) is 6.07 Å². The third-order valence-electron chi connectivity index (χ3n) is 1.06. The Balaban J connectivity index is 2.96. The third-order valence-corrected chi connectivity index (χ3v) is 1.94. The fourth-order valence-electron chi connectivity index (χ4n) is 0.605. The van der Waals surface area contributed by atoms with E-state index in [-0.39, 0.29) is 6.07 Å². The molecule has 1 radical (unpaired) electrons. The molecular formula is C7H4Cl3O. The second-order valence-corrected chi connectivity index (χ2v) is 2.70. The van der Waals surface area contributed by atoms with Crippen molar-refractivity contribution in [1.29, 1.82) is 0 Å². The number of halogens is 3. The summed E-state index contributed by atoms with van der Waals surface area (Å²) in [5.74, 6) is 0.477. The summed E-state index contributed by atoms with van der Waals surface area (Å²) in [6.45, 7) is 0. The van der Waals surface area contributed by atoms with Crippen molar-refractivity contribution in [3.63, 3.8) is 0 Å². The lowest BCUT2D eigenvalue weighted by Gasteiger charge is -2.03. The van der Waals surface area contributed by atoms with Gasteiger partial charge in [0.05, 0.1) is 5.02 Å². The highest BCUT2D eigenvalue weighted by molar-refractivity contribution is 6.42. The lowest BCUT2D eigenvalue weighted by atomic mass is 10.3. The molecule has 0 aromatic heterocycles. The predicted octanol–water partition coefficient (Wildman–Crippen LogP) is 3.37. The fourth-order valence-corrected chi connectivity index (χ4v) is 1.05. The van der Waals surface area contributed by atoms with Crippen molar-refractivity contribution in [2.24, 2.45) is 0 Å². The Kier molecular flexibility index (Phi) is 3.31. The van der Waals surface area contributed by atoms with E-state index in [1.165, 1.54) is 0 Å². The summed E-state index contributed by atoms with van der Waals surface area (Å²) < 4.78 is 4.95. The molecule has 0 saturated carbocycles. The highest BCUT2D eigenvalue weighted by atomic mass is 35.5. The molecule has 0 amide bonds. The normalized spacial score (nSPS) is 9.73. The average molecular weight is 210 g/mol. The summed E-state index contributed by atoms with van der Waals surface area (Å²) in [6, 6.07) is 6.03. The van der Waals surface area contributed by atoms with Crippen LogP contribution in [0.4, 0.5) is 0 Å². The van der Waals surface area contributed by atoms with E-state index < -0.39 is 0 Å². The SMILES string of the molecule is ClCOc1cc[c]c(Cl)c1Cl. The first-order chi connectivity index (χ1) is 5.25. The second kappa shape index (κ2) is 4.05. The van der Waals surface area contributed by atoms with E-state index in [4.69, 9.17) is 39.5 Å². The first-order valence-electron chi connectivity index (χ1n) is 2.80. The van der Waals surface area contributed by atoms with Gasteiger partial charge in [-0.2, -0.15) is 0 Å². The number of rotatable bonds is 2. The average Bonchev–Trinajstić information content (AvgIpc) is 1.99. The number of ether oxygens (including phenoxy) is 1. The lowest BCUT2D eigenvalue weighted by molar-refractivity contribution is 0.388. The van der Waals surface area contributed by atoms with Gasteiger partial charge in [-0.1, -0.05) is 34.8 Å². The van der Waals surface area contributed by atoms with E-state index in [1.54, 1.807) is 12.1 Å². The molecule has 1 nitrogen and oxygen atoms in total. The minimum atomic E-state index is 0.0556. The van der Waals surface area contributed by atoms with E-state index in [0.29, 0.717) is 15.8 Å². The Labute approximate surface area is 79.8 Å². The Bertz CT molecular complexity index is 249. The van der Waals surface area contributed by atoms with Crippen molar-refractivity contribution in [1.82, 2.24) is 0 Å². The number of hydrogen-bond donors (Lipinski definition) is 0. The van der Waals surface area contributed by atoms with Crippen molar-refractivity contribution < 1.29 is 4.74 Å². The van der Waals surface area contributed by atoms with Crippen molar-refractivity contribution in [2.45, 2.75) is 0 Å². The summed E-state index contributed by atoms with van der Waals surface area (Å²) in [5, 5.41) is 0.684. The quantitative estimate of drug-likeness (QED) is 0.680. The molecular weight excluding hydrogens is 206 g/mol. The van der Waals surface area contributed by atoms with Crippen molar-refractivity contribution >= 4 is 34.8 Å². The highest BCUT2D eigenvalue weighted by Crippen LogP contribution is 2.30. The molecule has 1 aromatic carbocycles. The zero-order valence-electron chi connectivity index (χ0n) is 5.40. The van der Waals surface area contributed by atoms with Crippen molar-refractivity contribution in [2.75, 3.05) is 6.07 Å². The predicted molar refractivity (Wildman–Crippen MR) is 46.6 cm³/mol. The molecule has 0 heterocycles. The Hall–Kier alpha value is -0.110. The molecule has 0 N–H and O–H groups in total. The molecule has 0 atom stereocenters. The molecule has 1 rings (SSSR count). The molecule has 0 fully saturated rings. The highest BCUT2D eigenvalue weighted by Gasteiger charge is 2.03. The zero-order chi connectivity index (χ0) is 8.27. The molecule has 0 aliphatic carbocycles. The Morgan fingerprint density at radius 3 is 2.82 bits per heavy atom. The number of hydrogen-bond acceptors (Lipinski definition) is 1. The summed E-state index contributed by atoms with van der Waals surface area (Å²) >= 11 is 16.7. The standard InChI is InChI=1S/C7H4Cl3O/c8-4-11-6-3-1-2-5(9)7(6)10/h1,3H,4H2. The van der Waals surface area contributed by atoms with Crippen LogP contribution in [-0.4, -0.2) is 6.07 Å². The Morgan fingerprint density at radius 1 is 1.45 bits per heavy atom. The van der Waals surface area contributed by atoms with Crippen LogP contribution in [0, 0.1) is 6.07 Å². The first kappa shape index (κ1) is 8.98. The minimum absolute atomic E-state index is 0.0556. The van der Waals surface area contributed by atoms with Gasteiger partial charge < -0.3 is 4.74 Å². The van der Waals surface area contributed by atoms with Crippen LogP contribution < -0.4 is 4.74 Å². The van der Waals surface area contributed by atoms with E-state index in [2.05, 4.69) is 6.07 Å². The van der Waals surface area contributed by atoms with Crippen LogP contribution >= 0.6 is 34.8 Å². The molecule has 0 aliphatic rings. The van der Waals surface area contributed by atoms with Gasteiger partial charge in [-0.05, 0) is 12.1 Å². The van der Waals surface area contributed by atoms with Crippen LogP contribution in [0.3, 0.4) is 0 Å². The van der Waals surface area contributed by atoms with Crippen LogP contribution in [-0.2, 0) is 0 Å². The van der Waals surface area contributed by atoms with E-state index in [0.717, 1.165) is 0 Å². The Morgan fingerprint density at radius 2 is 2.18 bits per heavy atom. The van der Waals surface area contributed by atoms with Crippen molar-refractivity contribution in [3.8, 4) is 5.75 Å². The maximum atomic E-state index is 5.73. The number of alkyl halides is 1. The third kappa shape index (κ3) is 2.16. The molecule has 0 aliphatic heterocycles. The van der Waals surface area contributed by atoms with Crippen LogP contribution in [0.15, 0.2) is 12.1 Å². The maximum absolute atomic E-state index is 5.73. The summed E-state index contributed by atoms with van der Waals surface area (Å²) in [6.07, 6.45) is 0. The summed E-state index contributed by atoms with van der Waals surface area (Å²) in [7, 11) is 0. The van der Waals surface area contributed by atoms with Crippen LogP contribution in [0.1, 0.15) is 0 Å². The van der Waals surface area contributed by atoms with E-state index in [9.17, 15) is 0 Å². The van der Waals surface area contributed by atoms with Crippen LogP contribution in [0.5, 0.6) is 5.75 Å². The van der Waals surface area contributed by atoms with Crippen LogP contribution in [0.25, 0.3) is 0 Å². The molecule has 0 saturated heterocycles. The molecule has 0 spiro atoms. The van der Waals surface area contributed by atoms with Gasteiger partial charge in [0.2, 0.25) is 0 Å². The summed E-state index contributed by atoms with van der Waals surface area (Å²) in [4.78, 5) is 0. The largest absolute Gasteiger partial charge is 0.476 e. The minimum Gasteiger partial charge on any atom is -0.476 e. The van der Waals surface area contributed by atoms with E-state index in [1.807, 2.05) is 0 Å². The molecule has 0 bridgehead atoms. The van der Waals surface area contributed by atoms with E-state index >= 15 is 0 Å². The van der Waals surface area contributed by atoms with Crippen LogP contribution in [0.2, 0.25) is 10.0 Å². The zero-order valence-corrected chi connectivity index (χ0v) is 7.67. The van der Waals surface area contributed by atoms with Gasteiger partial charge in [-0.25, -0.2) is 0 Å². The van der Waals surface area contributed by atoms with Gasteiger partial charge in [-0.15, -0.1) is 0 Å². The lowest BCUT2D eigenvalue weighted by Crippen LogP contribution is -1.89. The van der Waals surface area contributed by atoms with Gasteiger partial charge in [0.25, 0.3) is 0 Å². The molecule has 11 heavy (non-hydrogen) atoms. The maximum Gasteiger partial charge on any atom is 0.162 e. The van der Waals surface area contributed by atoms with Crippen molar-refractivity contribution in [3.05, 3.63) is 28.2 Å². The first-order valence-corrected chi connectivity index (χ1v) is 4.09. The van der Waals surface area contributed by atoms with Gasteiger partial charge in [-0.3, -0.25) is 0 Å². The summed E-state index contributed by atoms with van der Waals surface area (Å²) in [5.41, 5.74) is 0. The molecule has 0 unspecified atom stereocenters. The molecule has 59 valence electrons. The second-order valence-electron chi connectivity index (χ2n) is 1.72. The topological polar surface area (TPSA) is 9.23 Å². The van der Waals surface area contributed by atoms with Gasteiger partial charge in [0.1, 0.15) is 10.8 Å². The molecule has 4 heteroatoms. The number of benzene rings is 1. The van der Waals surface area contributed by atoms with Gasteiger partial charge in [0, 0.05) is 6.07 Å². The van der Waals surface area contributed by atoms with Gasteiger partial charge >= 0.3 is 0 Å². The fraction of sp³-hybridized carbons (Fsp3) is 0.143. The monoisotopic (exact) mass is 209 g/mol.